The Kier molecular flexibility index (Phi) is 4.65. The van der Waals surface area contributed by atoms with Crippen LogP contribution in [0.5, 0.6) is 0 Å². The molecule has 8 heteroatoms. The van der Waals surface area contributed by atoms with Gasteiger partial charge in [0, 0.05) is 37.9 Å². The number of ether oxygens (including phenoxy) is 1. The molecule has 3 rings (SSSR count). The van der Waals surface area contributed by atoms with Gasteiger partial charge in [-0.3, -0.25) is 9.78 Å². The van der Waals surface area contributed by atoms with Crippen molar-refractivity contribution in [2.24, 2.45) is 11.8 Å². The lowest BCUT2D eigenvalue weighted by atomic mass is 9.84. The fourth-order valence-electron chi connectivity index (χ4n) is 3.33. The zero-order chi connectivity index (χ0) is 16.4. The van der Waals surface area contributed by atoms with Crippen LogP contribution in [0.4, 0.5) is 0 Å². The van der Waals surface area contributed by atoms with E-state index in [0.717, 1.165) is 12.7 Å². The van der Waals surface area contributed by atoms with Crippen molar-refractivity contribution in [2.45, 2.75) is 12.5 Å². The Bertz CT molecular complexity index is 665. The lowest BCUT2D eigenvalue weighted by Crippen LogP contribution is -2.47. The summed E-state index contributed by atoms with van der Waals surface area (Å²) in [6.45, 7) is 2.18. The molecule has 0 spiro atoms. The fraction of sp³-hybridized carbons (Fsp3) is 0.600. The van der Waals surface area contributed by atoms with Gasteiger partial charge in [0.05, 0.1) is 24.5 Å². The van der Waals surface area contributed by atoms with Crippen LogP contribution in [-0.4, -0.2) is 62.8 Å². The second-order valence-corrected chi connectivity index (χ2v) is 8.03. The van der Waals surface area contributed by atoms with Crippen molar-refractivity contribution >= 4 is 15.9 Å². The van der Waals surface area contributed by atoms with Gasteiger partial charge in [-0.2, -0.15) is 0 Å². The molecule has 1 aromatic rings. The Morgan fingerprint density at radius 2 is 2.35 bits per heavy atom. The molecule has 126 valence electrons. The predicted molar refractivity (Wildman–Crippen MR) is 84.3 cm³/mol. The normalized spacial score (nSPS) is 27.7. The van der Waals surface area contributed by atoms with E-state index in [4.69, 9.17) is 4.74 Å². The first kappa shape index (κ1) is 16.4. The number of carbonyl (C=O) groups is 1. The average molecular weight is 339 g/mol. The molecule has 0 unspecified atom stereocenters. The van der Waals surface area contributed by atoms with Gasteiger partial charge in [-0.15, -0.1) is 0 Å². The number of likely N-dealkylation sites (tertiary alicyclic amines) is 1. The van der Waals surface area contributed by atoms with Crippen molar-refractivity contribution in [3.05, 3.63) is 30.1 Å². The number of hydrogen-bond acceptors (Lipinski definition) is 5. The lowest BCUT2D eigenvalue weighted by Gasteiger charge is -2.36. The highest BCUT2D eigenvalue weighted by atomic mass is 32.2. The predicted octanol–water partition coefficient (Wildman–Crippen LogP) is 0.108. The average Bonchev–Trinajstić information content (AvgIpc) is 2.94. The Labute approximate surface area is 136 Å². The van der Waals surface area contributed by atoms with Crippen molar-refractivity contribution in [3.63, 3.8) is 0 Å². The molecule has 2 saturated heterocycles. The van der Waals surface area contributed by atoms with Gasteiger partial charge in [0.15, 0.2) is 0 Å². The standard InChI is InChI=1S/C15H21N3O4S/c1-23(20,21)17-8-14-13-9-18(6-4-12(13)10-22-14)15(19)11-3-2-5-16-7-11/h2-3,5,7,12-14,17H,4,6,8-10H2,1H3/t12-,13-,14+/m0/s1. The number of piperidine rings is 1. The first-order valence-electron chi connectivity index (χ1n) is 7.69. The molecule has 1 aromatic heterocycles. The summed E-state index contributed by atoms with van der Waals surface area (Å²) in [6.07, 6.45) is 5.05. The van der Waals surface area contributed by atoms with Crippen molar-refractivity contribution in [2.75, 3.05) is 32.5 Å². The van der Waals surface area contributed by atoms with Crippen LogP contribution in [0.2, 0.25) is 0 Å². The third kappa shape index (κ3) is 3.88. The molecule has 0 bridgehead atoms. The molecule has 3 atom stereocenters. The number of pyridine rings is 1. The topological polar surface area (TPSA) is 88.6 Å². The minimum Gasteiger partial charge on any atom is -0.376 e. The second-order valence-electron chi connectivity index (χ2n) is 6.20. The third-order valence-electron chi connectivity index (χ3n) is 4.55. The van der Waals surface area contributed by atoms with Gasteiger partial charge < -0.3 is 9.64 Å². The number of rotatable bonds is 4. The summed E-state index contributed by atoms with van der Waals surface area (Å²) in [7, 11) is -3.24. The van der Waals surface area contributed by atoms with Crippen LogP contribution in [0.3, 0.4) is 0 Å². The van der Waals surface area contributed by atoms with E-state index in [1.165, 1.54) is 0 Å². The number of nitrogens with zero attached hydrogens (tertiary/aromatic N) is 2. The first-order valence-corrected chi connectivity index (χ1v) is 9.59. The summed E-state index contributed by atoms with van der Waals surface area (Å²) in [4.78, 5) is 18.4. The van der Waals surface area contributed by atoms with Crippen LogP contribution < -0.4 is 4.72 Å². The molecule has 2 aliphatic rings. The number of sulfonamides is 1. The van der Waals surface area contributed by atoms with E-state index in [2.05, 4.69) is 9.71 Å². The minimum absolute atomic E-state index is 0.0294. The minimum atomic E-state index is -3.24. The van der Waals surface area contributed by atoms with Gasteiger partial charge in [-0.1, -0.05) is 0 Å². The molecule has 1 N–H and O–H groups in total. The quantitative estimate of drug-likeness (QED) is 0.841. The molecule has 2 fully saturated rings. The number of nitrogens with one attached hydrogen (secondary N) is 1. The van der Waals surface area contributed by atoms with E-state index < -0.39 is 10.0 Å². The van der Waals surface area contributed by atoms with Crippen LogP contribution in [0.15, 0.2) is 24.5 Å². The summed E-state index contributed by atoms with van der Waals surface area (Å²) in [5.74, 6) is 0.524. The molecule has 0 aromatic carbocycles. The highest BCUT2D eigenvalue weighted by Crippen LogP contribution is 2.34. The number of amides is 1. The van der Waals surface area contributed by atoms with Gasteiger partial charge in [-0.05, 0) is 24.5 Å². The third-order valence-corrected chi connectivity index (χ3v) is 5.24. The summed E-state index contributed by atoms with van der Waals surface area (Å²) in [5, 5.41) is 0. The van der Waals surface area contributed by atoms with E-state index in [1.54, 1.807) is 24.5 Å². The molecule has 3 heterocycles. The Hall–Kier alpha value is -1.51. The first-order chi connectivity index (χ1) is 10.9. The van der Waals surface area contributed by atoms with E-state index in [0.29, 0.717) is 31.2 Å². The largest absolute Gasteiger partial charge is 0.376 e. The number of fused-ring (bicyclic) bond motifs is 1. The molecule has 7 nitrogen and oxygen atoms in total. The maximum absolute atomic E-state index is 12.5. The van der Waals surface area contributed by atoms with Crippen molar-refractivity contribution in [3.8, 4) is 0 Å². The van der Waals surface area contributed by atoms with E-state index in [-0.39, 0.29) is 24.5 Å². The van der Waals surface area contributed by atoms with Crippen molar-refractivity contribution in [1.29, 1.82) is 0 Å². The maximum atomic E-state index is 12.5. The number of hydrogen-bond donors (Lipinski definition) is 1. The van der Waals surface area contributed by atoms with Gasteiger partial charge in [0.2, 0.25) is 10.0 Å². The monoisotopic (exact) mass is 339 g/mol. The highest BCUT2D eigenvalue weighted by Gasteiger charge is 2.42. The Balaban J connectivity index is 1.66. The van der Waals surface area contributed by atoms with Crippen molar-refractivity contribution < 1.29 is 17.9 Å². The second kappa shape index (κ2) is 6.54. The Morgan fingerprint density at radius 1 is 1.52 bits per heavy atom. The van der Waals surface area contributed by atoms with E-state index in [1.807, 2.05) is 4.90 Å². The molecule has 0 radical (unpaired) electrons. The summed E-state index contributed by atoms with van der Waals surface area (Å²) in [5.41, 5.74) is 0.579. The highest BCUT2D eigenvalue weighted by molar-refractivity contribution is 7.88. The van der Waals surface area contributed by atoms with Crippen LogP contribution in [0, 0.1) is 11.8 Å². The zero-order valence-corrected chi connectivity index (χ0v) is 13.8. The molecule has 0 saturated carbocycles. The molecule has 1 amide bonds. The number of carbonyl (C=O) groups excluding carboxylic acids is 1. The fourth-order valence-corrected chi connectivity index (χ4v) is 3.80. The van der Waals surface area contributed by atoms with Gasteiger partial charge in [0.1, 0.15) is 0 Å². The maximum Gasteiger partial charge on any atom is 0.255 e. The molecular weight excluding hydrogens is 318 g/mol. The van der Waals surface area contributed by atoms with Gasteiger partial charge >= 0.3 is 0 Å². The van der Waals surface area contributed by atoms with Crippen LogP contribution in [0.1, 0.15) is 16.8 Å². The Morgan fingerprint density at radius 3 is 3.04 bits per heavy atom. The van der Waals surface area contributed by atoms with Gasteiger partial charge in [0.25, 0.3) is 5.91 Å². The summed E-state index contributed by atoms with van der Waals surface area (Å²) >= 11 is 0. The smallest absolute Gasteiger partial charge is 0.255 e. The van der Waals surface area contributed by atoms with Crippen LogP contribution in [-0.2, 0) is 14.8 Å². The van der Waals surface area contributed by atoms with Gasteiger partial charge in [-0.25, -0.2) is 13.1 Å². The lowest BCUT2D eigenvalue weighted by molar-refractivity contribution is 0.0562. The van der Waals surface area contributed by atoms with Crippen molar-refractivity contribution in [1.82, 2.24) is 14.6 Å². The molecule has 0 aliphatic carbocycles. The van der Waals surface area contributed by atoms with Crippen LogP contribution >= 0.6 is 0 Å². The summed E-state index contributed by atoms with van der Waals surface area (Å²) < 4.78 is 30.8. The van der Waals surface area contributed by atoms with E-state index in [9.17, 15) is 13.2 Å². The molecule has 23 heavy (non-hydrogen) atoms. The zero-order valence-electron chi connectivity index (χ0n) is 13.0. The molecule has 2 aliphatic heterocycles. The number of aromatic nitrogens is 1. The van der Waals surface area contributed by atoms with Crippen LogP contribution in [0.25, 0.3) is 0 Å². The summed E-state index contributed by atoms with van der Waals surface area (Å²) in [6, 6.07) is 3.51. The molecular formula is C15H21N3O4S. The SMILES string of the molecule is CS(=O)(=O)NC[C@H]1OC[C@@H]2CCN(C(=O)c3cccnc3)C[C@@H]21. The van der Waals surface area contributed by atoms with E-state index >= 15 is 0 Å².